The topological polar surface area (TPSA) is 73.5 Å². The molecule has 24 heavy (non-hydrogen) atoms. The SMILES string of the molecule is O=C(NC1CCCNC1)NC1CC(=O)N(c2c(F)cccc2F)C1. The van der Waals surface area contributed by atoms with Crippen LogP contribution >= 0.6 is 0 Å². The number of anilines is 1. The van der Waals surface area contributed by atoms with Crippen molar-refractivity contribution in [3.8, 4) is 0 Å². The molecule has 0 spiro atoms. The molecule has 1 aromatic carbocycles. The molecule has 3 amide bonds. The molecule has 8 heteroatoms. The summed E-state index contributed by atoms with van der Waals surface area (Å²) in [4.78, 5) is 25.1. The average molecular weight is 338 g/mol. The van der Waals surface area contributed by atoms with Crippen LogP contribution in [0.25, 0.3) is 0 Å². The number of amides is 3. The standard InChI is InChI=1S/C16H20F2N4O2/c17-12-4-1-5-13(18)15(12)22-9-11(7-14(22)23)21-16(24)20-10-3-2-6-19-8-10/h1,4-5,10-11,19H,2-3,6-9H2,(H2,20,21,24). The van der Waals surface area contributed by atoms with Gasteiger partial charge in [0, 0.05) is 25.6 Å². The lowest BCUT2D eigenvalue weighted by Crippen LogP contribution is -2.51. The molecule has 2 saturated heterocycles. The third-order valence-corrected chi connectivity index (χ3v) is 4.30. The van der Waals surface area contributed by atoms with Crippen LogP contribution < -0.4 is 20.9 Å². The maximum absolute atomic E-state index is 13.8. The number of carbonyl (C=O) groups excluding carboxylic acids is 2. The Balaban J connectivity index is 1.59. The molecule has 0 radical (unpaired) electrons. The van der Waals surface area contributed by atoms with Gasteiger partial charge in [-0.3, -0.25) is 4.79 Å². The van der Waals surface area contributed by atoms with Crippen LogP contribution in [0.15, 0.2) is 18.2 Å². The zero-order chi connectivity index (χ0) is 17.1. The molecule has 0 bridgehead atoms. The lowest BCUT2D eigenvalue weighted by molar-refractivity contribution is -0.117. The van der Waals surface area contributed by atoms with Crippen LogP contribution in [0.2, 0.25) is 0 Å². The number of rotatable bonds is 3. The van der Waals surface area contributed by atoms with Crippen LogP contribution in [-0.2, 0) is 4.79 Å². The summed E-state index contributed by atoms with van der Waals surface area (Å²) in [5, 5.41) is 8.75. The number of piperidine rings is 1. The molecule has 2 fully saturated rings. The molecule has 2 aliphatic rings. The summed E-state index contributed by atoms with van der Waals surface area (Å²) >= 11 is 0. The monoisotopic (exact) mass is 338 g/mol. The predicted molar refractivity (Wildman–Crippen MR) is 84.7 cm³/mol. The quantitative estimate of drug-likeness (QED) is 0.773. The molecular weight excluding hydrogens is 318 g/mol. The Labute approximate surface area is 138 Å². The largest absolute Gasteiger partial charge is 0.334 e. The molecule has 2 unspecified atom stereocenters. The minimum atomic E-state index is -0.790. The molecule has 2 heterocycles. The number of nitrogens with one attached hydrogen (secondary N) is 3. The highest BCUT2D eigenvalue weighted by atomic mass is 19.1. The van der Waals surface area contributed by atoms with Crippen LogP contribution in [0.4, 0.5) is 19.3 Å². The highest BCUT2D eigenvalue weighted by molar-refractivity contribution is 5.97. The van der Waals surface area contributed by atoms with E-state index in [1.807, 2.05) is 0 Å². The third kappa shape index (κ3) is 3.64. The number of para-hydroxylation sites is 1. The van der Waals surface area contributed by atoms with Crippen LogP contribution in [-0.4, -0.2) is 43.7 Å². The summed E-state index contributed by atoms with van der Waals surface area (Å²) in [6, 6.07) is 2.67. The predicted octanol–water partition coefficient (Wildman–Crippen LogP) is 1.12. The molecule has 2 aliphatic heterocycles. The molecule has 3 N–H and O–H groups in total. The first-order chi connectivity index (χ1) is 11.5. The van der Waals surface area contributed by atoms with Crippen molar-refractivity contribution >= 4 is 17.6 Å². The number of nitrogens with zero attached hydrogens (tertiary/aromatic N) is 1. The maximum Gasteiger partial charge on any atom is 0.315 e. The Hall–Kier alpha value is -2.22. The first kappa shape index (κ1) is 16.6. The summed E-state index contributed by atoms with van der Waals surface area (Å²) in [7, 11) is 0. The van der Waals surface area contributed by atoms with Crippen molar-refractivity contribution in [1.29, 1.82) is 0 Å². The second-order valence-electron chi connectivity index (χ2n) is 6.14. The Morgan fingerprint density at radius 3 is 2.58 bits per heavy atom. The minimum absolute atomic E-state index is 0.0180. The summed E-state index contributed by atoms with van der Waals surface area (Å²) < 4.78 is 27.7. The molecule has 0 aliphatic carbocycles. The van der Waals surface area contributed by atoms with Crippen LogP contribution in [0, 0.1) is 11.6 Å². The molecule has 0 saturated carbocycles. The van der Waals surface area contributed by atoms with Crippen molar-refractivity contribution in [1.82, 2.24) is 16.0 Å². The summed E-state index contributed by atoms with van der Waals surface area (Å²) in [6.45, 7) is 1.71. The van der Waals surface area contributed by atoms with E-state index in [4.69, 9.17) is 0 Å². The molecule has 2 atom stereocenters. The second kappa shape index (κ2) is 7.12. The van der Waals surface area contributed by atoms with Gasteiger partial charge in [0.05, 0.1) is 6.04 Å². The van der Waals surface area contributed by atoms with Crippen molar-refractivity contribution < 1.29 is 18.4 Å². The Morgan fingerprint density at radius 2 is 1.92 bits per heavy atom. The Bertz CT molecular complexity index is 614. The number of urea groups is 1. The Kier molecular flexibility index (Phi) is 4.94. The van der Waals surface area contributed by atoms with Gasteiger partial charge < -0.3 is 20.9 Å². The molecule has 130 valence electrons. The van der Waals surface area contributed by atoms with Crippen molar-refractivity contribution in [2.75, 3.05) is 24.5 Å². The minimum Gasteiger partial charge on any atom is -0.334 e. The van der Waals surface area contributed by atoms with Crippen molar-refractivity contribution in [3.63, 3.8) is 0 Å². The van der Waals surface area contributed by atoms with E-state index in [2.05, 4.69) is 16.0 Å². The fourth-order valence-electron chi connectivity index (χ4n) is 3.15. The summed E-state index contributed by atoms with van der Waals surface area (Å²) in [5.74, 6) is -1.99. The van der Waals surface area contributed by atoms with Crippen LogP contribution in [0.3, 0.4) is 0 Å². The van der Waals surface area contributed by atoms with Gasteiger partial charge in [0.1, 0.15) is 17.3 Å². The molecule has 0 aromatic heterocycles. The van der Waals surface area contributed by atoms with Gasteiger partial charge in [-0.25, -0.2) is 13.6 Å². The number of benzene rings is 1. The van der Waals surface area contributed by atoms with E-state index in [-0.39, 0.29) is 30.7 Å². The number of hydrogen-bond acceptors (Lipinski definition) is 3. The van der Waals surface area contributed by atoms with Crippen molar-refractivity contribution in [2.24, 2.45) is 0 Å². The number of carbonyl (C=O) groups is 2. The first-order valence-corrected chi connectivity index (χ1v) is 8.06. The fourth-order valence-corrected chi connectivity index (χ4v) is 3.15. The summed E-state index contributed by atoms with van der Waals surface area (Å²) in [6.07, 6.45) is 1.91. The van der Waals surface area contributed by atoms with Gasteiger partial charge in [0.2, 0.25) is 5.91 Å². The second-order valence-corrected chi connectivity index (χ2v) is 6.14. The molecule has 1 aromatic rings. The maximum atomic E-state index is 13.8. The zero-order valence-corrected chi connectivity index (χ0v) is 13.1. The van der Waals surface area contributed by atoms with E-state index in [9.17, 15) is 18.4 Å². The lowest BCUT2D eigenvalue weighted by Gasteiger charge is -2.25. The van der Waals surface area contributed by atoms with E-state index in [1.54, 1.807) is 0 Å². The lowest BCUT2D eigenvalue weighted by atomic mass is 10.1. The average Bonchev–Trinajstić information content (AvgIpc) is 2.88. The van der Waals surface area contributed by atoms with Crippen molar-refractivity contribution in [2.45, 2.75) is 31.3 Å². The smallest absolute Gasteiger partial charge is 0.315 e. The van der Waals surface area contributed by atoms with Gasteiger partial charge in [0.25, 0.3) is 0 Å². The van der Waals surface area contributed by atoms with E-state index in [0.717, 1.165) is 36.4 Å². The van der Waals surface area contributed by atoms with Crippen LogP contribution in [0.5, 0.6) is 0 Å². The van der Waals surface area contributed by atoms with Gasteiger partial charge in [-0.1, -0.05) is 6.07 Å². The van der Waals surface area contributed by atoms with Gasteiger partial charge in [-0.2, -0.15) is 0 Å². The Morgan fingerprint density at radius 1 is 1.21 bits per heavy atom. The molecule has 6 nitrogen and oxygen atoms in total. The van der Waals surface area contributed by atoms with Gasteiger partial charge >= 0.3 is 6.03 Å². The van der Waals surface area contributed by atoms with Gasteiger partial charge in [0.15, 0.2) is 0 Å². The highest BCUT2D eigenvalue weighted by Gasteiger charge is 2.34. The first-order valence-electron chi connectivity index (χ1n) is 8.06. The van der Waals surface area contributed by atoms with E-state index >= 15 is 0 Å². The zero-order valence-electron chi connectivity index (χ0n) is 13.1. The van der Waals surface area contributed by atoms with E-state index < -0.39 is 23.6 Å². The van der Waals surface area contributed by atoms with Crippen LogP contribution in [0.1, 0.15) is 19.3 Å². The highest BCUT2D eigenvalue weighted by Crippen LogP contribution is 2.27. The van der Waals surface area contributed by atoms with Gasteiger partial charge in [-0.15, -0.1) is 0 Å². The van der Waals surface area contributed by atoms with Gasteiger partial charge in [-0.05, 0) is 31.5 Å². The van der Waals surface area contributed by atoms with Crippen molar-refractivity contribution in [3.05, 3.63) is 29.8 Å². The fraction of sp³-hybridized carbons (Fsp3) is 0.500. The third-order valence-electron chi connectivity index (χ3n) is 4.30. The number of hydrogen-bond donors (Lipinski definition) is 3. The summed E-state index contributed by atoms with van der Waals surface area (Å²) in [5.41, 5.74) is -0.358. The molecule has 3 rings (SSSR count). The normalized spacial score (nSPS) is 24.1. The van der Waals surface area contributed by atoms with E-state index in [0.29, 0.717) is 6.54 Å². The molecular formula is C16H20F2N4O2. The van der Waals surface area contributed by atoms with E-state index in [1.165, 1.54) is 6.07 Å². The number of halogens is 2.